The van der Waals surface area contributed by atoms with E-state index in [1.807, 2.05) is 0 Å². The lowest BCUT2D eigenvalue weighted by molar-refractivity contribution is -0.301. The molecule has 0 unspecified atom stereocenters. The average molecular weight is 435 g/mol. The summed E-state index contributed by atoms with van der Waals surface area (Å²) in [4.78, 5) is 35.1. The third-order valence-corrected chi connectivity index (χ3v) is 9.86. The summed E-state index contributed by atoms with van der Waals surface area (Å²) >= 11 is 0. The molecule has 1 saturated heterocycles. The number of methoxy groups -OCH3 is 1. The van der Waals surface area contributed by atoms with Gasteiger partial charge in [-0.2, -0.15) is 0 Å². The lowest BCUT2D eigenvalue weighted by Crippen LogP contribution is -2.63. The predicted octanol–water partition coefficient (Wildman–Crippen LogP) is 2.17. The van der Waals surface area contributed by atoms with E-state index in [0.29, 0.717) is 0 Å². The molecule has 168 valence electrons. The highest BCUT2D eigenvalue weighted by molar-refractivity contribution is 6.73. The number of hydrogen-bond donors (Lipinski definition) is 0. The van der Waals surface area contributed by atoms with E-state index in [9.17, 15) is 14.4 Å². The van der Waals surface area contributed by atoms with Gasteiger partial charge in [0.05, 0.1) is 6.61 Å². The predicted molar refractivity (Wildman–Crippen MR) is 105 cm³/mol. The maximum absolute atomic E-state index is 11.7. The lowest BCUT2D eigenvalue weighted by atomic mass is 9.98. The van der Waals surface area contributed by atoms with Crippen molar-refractivity contribution < 1.29 is 42.5 Å². The van der Waals surface area contributed by atoms with Crippen LogP contribution in [0.25, 0.3) is 0 Å². The first-order chi connectivity index (χ1) is 13.6. The maximum atomic E-state index is 11.7. The largest absolute Gasteiger partial charge is 0.456 e. The van der Waals surface area contributed by atoms with E-state index in [-0.39, 0.29) is 6.61 Å². The van der Waals surface area contributed by atoms with Crippen LogP contribution in [0.1, 0.15) is 41.5 Å². The summed E-state index contributed by atoms with van der Waals surface area (Å²) in [7, 11) is -0.567. The summed E-state index contributed by atoms with van der Waals surface area (Å²) in [5.41, 5.74) is 0. The summed E-state index contributed by atoms with van der Waals surface area (Å²) in [6, 6.07) is 2.80. The van der Waals surface area contributed by atoms with Crippen LogP contribution in [0, 0.1) is 0 Å². The van der Waals surface area contributed by atoms with Crippen LogP contribution in [0.15, 0.2) is 0 Å². The average Bonchev–Trinajstić information content (AvgIpc) is 2.66. The van der Waals surface area contributed by atoms with Crippen LogP contribution in [-0.2, 0) is 42.5 Å². The summed E-state index contributed by atoms with van der Waals surface area (Å²) < 4.78 is 33.7. The highest BCUT2D eigenvalue weighted by Crippen LogP contribution is 2.31. The highest BCUT2D eigenvalue weighted by Gasteiger charge is 2.52. The normalized spacial score (nSPS) is 27.2. The Morgan fingerprint density at radius 2 is 1.24 bits per heavy atom. The van der Waals surface area contributed by atoms with Crippen LogP contribution < -0.4 is 0 Å². The van der Waals surface area contributed by atoms with E-state index < -0.39 is 56.9 Å². The van der Waals surface area contributed by atoms with Gasteiger partial charge in [0.2, 0.25) is 0 Å². The summed E-state index contributed by atoms with van der Waals surface area (Å²) in [5, 5.41) is 0. The van der Waals surface area contributed by atoms with Crippen molar-refractivity contribution in [3.8, 4) is 0 Å². The Morgan fingerprint density at radius 1 is 0.793 bits per heavy atom. The Bertz CT molecular complexity index is 556. The maximum Gasteiger partial charge on any atom is 0.303 e. The molecule has 5 atom stereocenters. The van der Waals surface area contributed by atoms with Gasteiger partial charge in [0.15, 0.2) is 32.9 Å². The SMILES string of the molecule is CC[Si](CC)(CC)OC[C@H]1O[C@H](OC)[C@H](OC(C)=O)[C@@H](OC(C)=O)[C@@H]1OC(C)=O. The van der Waals surface area contributed by atoms with Crippen molar-refractivity contribution in [3.05, 3.63) is 0 Å². The molecule has 1 rings (SSSR count). The van der Waals surface area contributed by atoms with Crippen molar-refractivity contribution in [2.75, 3.05) is 13.7 Å². The first kappa shape index (κ1) is 25.5. The smallest absolute Gasteiger partial charge is 0.303 e. The third kappa shape index (κ3) is 7.05. The van der Waals surface area contributed by atoms with Crippen LogP contribution in [0.5, 0.6) is 0 Å². The van der Waals surface area contributed by atoms with Gasteiger partial charge in [-0.15, -0.1) is 0 Å². The van der Waals surface area contributed by atoms with Gasteiger partial charge >= 0.3 is 17.9 Å². The lowest BCUT2D eigenvalue weighted by Gasteiger charge is -2.44. The van der Waals surface area contributed by atoms with Crippen molar-refractivity contribution in [2.45, 2.75) is 90.4 Å². The fraction of sp³-hybridized carbons (Fsp3) is 0.842. The summed E-state index contributed by atoms with van der Waals surface area (Å²) in [5.74, 6) is -1.80. The Labute approximate surface area is 173 Å². The molecule has 0 bridgehead atoms. The van der Waals surface area contributed by atoms with Gasteiger partial charge in [0, 0.05) is 27.9 Å². The van der Waals surface area contributed by atoms with Gasteiger partial charge in [-0.05, 0) is 18.1 Å². The van der Waals surface area contributed by atoms with Gasteiger partial charge in [-0.1, -0.05) is 20.8 Å². The van der Waals surface area contributed by atoms with Gasteiger partial charge in [0.25, 0.3) is 0 Å². The second kappa shape index (κ2) is 11.6. The van der Waals surface area contributed by atoms with Crippen molar-refractivity contribution >= 4 is 26.2 Å². The standard InChI is InChI=1S/C19H34O9Si/c1-8-29(9-2,10-3)24-11-15-16(25-12(4)20)17(26-13(5)21)18(27-14(6)22)19(23-7)28-15/h15-19H,8-11H2,1-7H3/t15-,16-,17+,18-,19+/m1/s1. The summed E-state index contributed by atoms with van der Waals surface area (Å²) in [6.07, 6.45) is -4.95. The minimum absolute atomic E-state index is 0.143. The quantitative estimate of drug-likeness (QED) is 0.290. The van der Waals surface area contributed by atoms with Crippen LogP contribution >= 0.6 is 0 Å². The number of hydrogen-bond acceptors (Lipinski definition) is 9. The number of ether oxygens (including phenoxy) is 5. The van der Waals surface area contributed by atoms with Gasteiger partial charge in [-0.3, -0.25) is 14.4 Å². The Kier molecular flexibility index (Phi) is 10.2. The number of esters is 3. The molecular weight excluding hydrogens is 400 g/mol. The molecule has 0 spiro atoms. The Balaban J connectivity index is 3.22. The van der Waals surface area contributed by atoms with Gasteiger partial charge in [-0.25, -0.2) is 0 Å². The molecule has 1 aliphatic rings. The van der Waals surface area contributed by atoms with E-state index in [0.717, 1.165) is 18.1 Å². The molecule has 0 amide bonds. The van der Waals surface area contributed by atoms with E-state index in [2.05, 4.69) is 20.8 Å². The van der Waals surface area contributed by atoms with Crippen molar-refractivity contribution in [1.29, 1.82) is 0 Å². The Morgan fingerprint density at radius 3 is 1.66 bits per heavy atom. The van der Waals surface area contributed by atoms with E-state index in [4.69, 9.17) is 28.1 Å². The minimum Gasteiger partial charge on any atom is -0.456 e. The fourth-order valence-corrected chi connectivity index (χ4v) is 6.12. The monoisotopic (exact) mass is 434 g/mol. The highest BCUT2D eigenvalue weighted by atomic mass is 28.4. The first-order valence-electron chi connectivity index (χ1n) is 9.96. The molecule has 10 heteroatoms. The zero-order valence-corrected chi connectivity index (χ0v) is 19.4. The molecule has 1 aliphatic heterocycles. The second-order valence-electron chi connectivity index (χ2n) is 7.06. The molecule has 0 N–H and O–H groups in total. The zero-order valence-electron chi connectivity index (χ0n) is 18.4. The fourth-order valence-electron chi connectivity index (χ4n) is 3.49. The molecule has 29 heavy (non-hydrogen) atoms. The molecule has 0 aromatic rings. The van der Waals surface area contributed by atoms with Crippen LogP contribution in [-0.4, -0.2) is 70.6 Å². The first-order valence-corrected chi connectivity index (χ1v) is 12.5. The minimum atomic E-state index is -1.95. The molecular formula is C19H34O9Si. The molecule has 0 aromatic carbocycles. The molecule has 0 aromatic heterocycles. The number of carbonyl (C=O) groups is 3. The molecule has 0 saturated carbocycles. The summed E-state index contributed by atoms with van der Waals surface area (Å²) in [6.45, 7) is 10.1. The van der Waals surface area contributed by atoms with Gasteiger partial charge < -0.3 is 28.1 Å². The molecule has 1 fully saturated rings. The third-order valence-electron chi connectivity index (χ3n) is 5.22. The number of carbonyl (C=O) groups excluding carboxylic acids is 3. The van der Waals surface area contributed by atoms with Crippen LogP contribution in [0.2, 0.25) is 18.1 Å². The van der Waals surface area contributed by atoms with Crippen molar-refractivity contribution in [2.24, 2.45) is 0 Å². The zero-order chi connectivity index (χ0) is 22.2. The van der Waals surface area contributed by atoms with E-state index in [1.54, 1.807) is 0 Å². The molecule has 0 radical (unpaired) electrons. The van der Waals surface area contributed by atoms with Gasteiger partial charge in [0.1, 0.15) is 6.10 Å². The topological polar surface area (TPSA) is 107 Å². The van der Waals surface area contributed by atoms with Crippen molar-refractivity contribution in [1.82, 2.24) is 0 Å². The number of rotatable bonds is 10. The van der Waals surface area contributed by atoms with Crippen molar-refractivity contribution in [3.63, 3.8) is 0 Å². The van der Waals surface area contributed by atoms with Crippen LogP contribution in [0.4, 0.5) is 0 Å². The molecule has 1 heterocycles. The van der Waals surface area contributed by atoms with E-state index >= 15 is 0 Å². The second-order valence-corrected chi connectivity index (χ2v) is 11.8. The Hall–Kier alpha value is -1.49. The van der Waals surface area contributed by atoms with E-state index in [1.165, 1.54) is 27.9 Å². The van der Waals surface area contributed by atoms with Crippen LogP contribution in [0.3, 0.4) is 0 Å². The molecule has 9 nitrogen and oxygen atoms in total. The molecule has 0 aliphatic carbocycles.